The minimum Gasteiger partial charge on any atom is -0.287 e. The molecule has 24 heavy (non-hydrogen) atoms. The summed E-state index contributed by atoms with van der Waals surface area (Å²) in [6, 6.07) is -0.632. The number of alkyl halides is 9. The van der Waals surface area contributed by atoms with Gasteiger partial charge in [-0.25, -0.2) is 8.78 Å². The first-order valence-electron chi connectivity index (χ1n) is 5.38. The highest BCUT2D eigenvalue weighted by molar-refractivity contribution is 6.31. The van der Waals surface area contributed by atoms with Gasteiger partial charge in [0.2, 0.25) is 5.78 Å². The molecule has 0 heterocycles. The second-order valence-electron chi connectivity index (χ2n) is 4.30. The number of halogens is 12. The number of benzene rings is 1. The lowest BCUT2D eigenvalue weighted by molar-refractivity contribution is -0.386. The molecule has 13 heteroatoms. The minimum atomic E-state index is -7.30. The Morgan fingerprint density at radius 2 is 1.17 bits per heavy atom. The molecule has 0 aliphatic carbocycles. The molecule has 0 radical (unpaired) electrons. The van der Waals surface area contributed by atoms with E-state index in [0.29, 0.717) is 0 Å². The van der Waals surface area contributed by atoms with E-state index in [1.54, 1.807) is 0 Å². The normalized spacial score (nSPS) is 14.0. The molecule has 1 aromatic carbocycles. The van der Waals surface area contributed by atoms with Gasteiger partial charge < -0.3 is 0 Å². The smallest absolute Gasteiger partial charge is 0.287 e. The van der Waals surface area contributed by atoms with Crippen LogP contribution in [0.3, 0.4) is 0 Å². The topological polar surface area (TPSA) is 17.1 Å². The second-order valence-corrected chi connectivity index (χ2v) is 4.68. The molecule has 0 aromatic heterocycles. The Hall–Kier alpha value is -1.59. The van der Waals surface area contributed by atoms with Crippen LogP contribution in [0.15, 0.2) is 12.1 Å². The molecule has 0 spiro atoms. The predicted molar refractivity (Wildman–Crippen MR) is 56.6 cm³/mol. The molecule has 1 aromatic rings. The zero-order chi connectivity index (χ0) is 19.3. The molecule has 0 atom stereocenters. The summed E-state index contributed by atoms with van der Waals surface area (Å²) >= 11 is 4.93. The van der Waals surface area contributed by atoms with E-state index in [1.165, 1.54) is 0 Å². The van der Waals surface area contributed by atoms with Gasteiger partial charge in [0.25, 0.3) is 0 Å². The highest BCUT2D eigenvalue weighted by Gasteiger charge is 2.83. The van der Waals surface area contributed by atoms with E-state index in [2.05, 4.69) is 0 Å². The Morgan fingerprint density at radius 1 is 0.792 bits per heavy atom. The average Bonchev–Trinajstić information content (AvgIpc) is 2.41. The van der Waals surface area contributed by atoms with Crippen molar-refractivity contribution in [2.24, 2.45) is 0 Å². The maximum absolute atomic E-state index is 13.3. The number of ketones is 1. The largest absolute Gasteiger partial charge is 0.460 e. The van der Waals surface area contributed by atoms with Gasteiger partial charge in [-0.05, 0) is 12.1 Å². The maximum atomic E-state index is 13.3. The van der Waals surface area contributed by atoms with Gasteiger partial charge >= 0.3 is 23.9 Å². The van der Waals surface area contributed by atoms with Crippen LogP contribution in [0.5, 0.6) is 0 Å². The van der Waals surface area contributed by atoms with Crippen LogP contribution in [0.4, 0.5) is 48.3 Å². The number of rotatable bonds is 4. The molecule has 0 N–H and O–H groups in total. The minimum absolute atomic E-state index is 0.316. The molecule has 1 nitrogen and oxygen atoms in total. The maximum Gasteiger partial charge on any atom is 0.460 e. The fraction of sp³-hybridized carbons (Fsp3) is 0.364. The molecule has 0 bridgehead atoms. The lowest BCUT2D eigenvalue weighted by Gasteiger charge is -2.32. The van der Waals surface area contributed by atoms with E-state index in [1.807, 2.05) is 0 Å². The molecule has 0 saturated carbocycles. The van der Waals surface area contributed by atoms with Gasteiger partial charge in [-0.15, -0.1) is 0 Å². The van der Waals surface area contributed by atoms with Crippen molar-refractivity contribution in [2.75, 3.05) is 0 Å². The molecule has 0 saturated heterocycles. The van der Waals surface area contributed by atoms with Gasteiger partial charge in [0, 0.05) is 5.56 Å². The first-order valence-corrected chi connectivity index (χ1v) is 5.75. The first kappa shape index (κ1) is 20.5. The van der Waals surface area contributed by atoms with Gasteiger partial charge in [0.15, 0.2) is 0 Å². The van der Waals surface area contributed by atoms with Crippen molar-refractivity contribution in [1.29, 1.82) is 0 Å². The summed E-state index contributed by atoms with van der Waals surface area (Å²) in [5.74, 6) is -28.3. The van der Waals surface area contributed by atoms with Crippen molar-refractivity contribution in [2.45, 2.75) is 23.9 Å². The van der Waals surface area contributed by atoms with Crippen molar-refractivity contribution in [3.05, 3.63) is 34.4 Å². The fourth-order valence-electron chi connectivity index (χ4n) is 1.39. The highest BCUT2D eigenvalue weighted by Crippen LogP contribution is 2.53. The summed E-state index contributed by atoms with van der Waals surface area (Å²) in [6.07, 6.45) is -7.13. The predicted octanol–water partition coefficient (Wildman–Crippen LogP) is 5.27. The highest BCUT2D eigenvalue weighted by atomic mass is 35.5. The van der Waals surface area contributed by atoms with Crippen LogP contribution in [0.25, 0.3) is 0 Å². The third kappa shape index (κ3) is 2.91. The number of hydrogen-bond acceptors (Lipinski definition) is 1. The zero-order valence-electron chi connectivity index (χ0n) is 10.6. The molecular weight excluding hydrogens is 393 g/mol. The zero-order valence-corrected chi connectivity index (χ0v) is 11.4. The standard InChI is InChI=1S/C11H2ClF11O/c12-6-4(13)1-3(2-5(6)14)7(24)8(15,16)9(17,18)10(19,20)11(21,22)23/h1-2H. The second kappa shape index (κ2) is 5.74. The molecule has 0 aliphatic rings. The summed E-state index contributed by atoms with van der Waals surface area (Å²) in [4.78, 5) is 11.2. The molecule has 136 valence electrons. The van der Waals surface area contributed by atoms with E-state index in [9.17, 15) is 53.1 Å². The number of carbonyl (C=O) groups is 1. The summed E-state index contributed by atoms with van der Waals surface area (Å²) < 4.78 is 140. The lowest BCUT2D eigenvalue weighted by Crippen LogP contribution is -2.63. The number of carbonyl (C=O) groups excluding carboxylic acids is 1. The Kier molecular flexibility index (Phi) is 4.89. The van der Waals surface area contributed by atoms with Crippen molar-refractivity contribution in [1.82, 2.24) is 0 Å². The lowest BCUT2D eigenvalue weighted by atomic mass is 9.95. The van der Waals surface area contributed by atoms with Crippen LogP contribution in [0, 0.1) is 11.6 Å². The van der Waals surface area contributed by atoms with Gasteiger partial charge in [-0.2, -0.15) is 39.5 Å². The summed E-state index contributed by atoms with van der Waals surface area (Å²) in [7, 11) is 0. The molecule has 1 rings (SSSR count). The summed E-state index contributed by atoms with van der Waals surface area (Å²) in [5, 5.41) is -1.35. The average molecular weight is 395 g/mol. The molecule has 0 fully saturated rings. The molecule has 0 aliphatic heterocycles. The third-order valence-corrected chi connectivity index (χ3v) is 3.04. The van der Waals surface area contributed by atoms with Crippen LogP contribution in [0.1, 0.15) is 10.4 Å². The summed E-state index contributed by atoms with van der Waals surface area (Å²) in [6.45, 7) is 0. The number of hydrogen-bond donors (Lipinski definition) is 0. The third-order valence-electron chi connectivity index (χ3n) is 2.68. The monoisotopic (exact) mass is 394 g/mol. The quantitative estimate of drug-likeness (QED) is 0.386. The van der Waals surface area contributed by atoms with Crippen molar-refractivity contribution in [3.8, 4) is 0 Å². The van der Waals surface area contributed by atoms with Crippen LogP contribution >= 0.6 is 11.6 Å². The van der Waals surface area contributed by atoms with Crippen molar-refractivity contribution < 1.29 is 53.1 Å². The van der Waals surface area contributed by atoms with E-state index >= 15 is 0 Å². The first-order chi connectivity index (χ1) is 10.5. The van der Waals surface area contributed by atoms with Crippen LogP contribution in [-0.2, 0) is 0 Å². The van der Waals surface area contributed by atoms with Crippen molar-refractivity contribution in [3.63, 3.8) is 0 Å². The van der Waals surface area contributed by atoms with E-state index in [-0.39, 0.29) is 12.1 Å². The SMILES string of the molecule is O=C(c1cc(F)c(Cl)c(F)c1)C(F)(F)C(F)(F)C(F)(F)C(F)(F)F. The number of Topliss-reactive ketones (excluding diaryl/α,β-unsaturated/α-hetero) is 1. The molecule has 0 unspecified atom stereocenters. The Morgan fingerprint density at radius 3 is 1.50 bits per heavy atom. The van der Waals surface area contributed by atoms with Crippen LogP contribution in [0.2, 0.25) is 5.02 Å². The Bertz CT molecular complexity index is 641. The van der Waals surface area contributed by atoms with Gasteiger partial charge in [0.1, 0.15) is 16.7 Å². The molecule has 0 amide bonds. The van der Waals surface area contributed by atoms with Gasteiger partial charge in [-0.3, -0.25) is 4.79 Å². The molecular formula is C11H2ClF11O. The fourth-order valence-corrected chi connectivity index (χ4v) is 1.49. The van der Waals surface area contributed by atoms with Crippen molar-refractivity contribution >= 4 is 17.4 Å². The van der Waals surface area contributed by atoms with Gasteiger partial charge in [-0.1, -0.05) is 11.6 Å². The van der Waals surface area contributed by atoms with Crippen LogP contribution < -0.4 is 0 Å². The Labute approximate surface area is 130 Å². The van der Waals surface area contributed by atoms with E-state index in [0.717, 1.165) is 0 Å². The van der Waals surface area contributed by atoms with Gasteiger partial charge in [0.05, 0.1) is 0 Å². The van der Waals surface area contributed by atoms with E-state index < -0.39 is 51.9 Å². The Balaban J connectivity index is 3.45. The van der Waals surface area contributed by atoms with Crippen LogP contribution in [-0.4, -0.2) is 29.7 Å². The summed E-state index contributed by atoms with van der Waals surface area (Å²) in [5.41, 5.74) is -1.92. The van der Waals surface area contributed by atoms with E-state index in [4.69, 9.17) is 11.6 Å².